The predicted octanol–water partition coefficient (Wildman–Crippen LogP) is 3.02. The summed E-state index contributed by atoms with van der Waals surface area (Å²) in [6, 6.07) is 13.1. The molecule has 1 amide bonds. The smallest absolute Gasteiger partial charge is 0.272 e. The van der Waals surface area contributed by atoms with Gasteiger partial charge < -0.3 is 10.6 Å². The molecule has 0 fully saturated rings. The monoisotopic (exact) mass is 283 g/mol. The number of benzene rings is 1. The number of carbonyl (C=O) groups excluding carboxylic acids is 1. The Bertz CT molecular complexity index is 625. The summed E-state index contributed by atoms with van der Waals surface area (Å²) in [5.74, 6) is -0.0520. The largest absolute Gasteiger partial charge is 0.398 e. The van der Waals surface area contributed by atoms with E-state index in [2.05, 4.69) is 11.9 Å². The van der Waals surface area contributed by atoms with Gasteiger partial charge in [-0.3, -0.25) is 4.79 Å². The Balaban J connectivity index is 2.22. The van der Waals surface area contributed by atoms with Crippen LogP contribution >= 0.6 is 0 Å². The molecule has 2 aromatic rings. The quantitative estimate of drug-likeness (QED) is 0.858. The summed E-state index contributed by atoms with van der Waals surface area (Å²) in [6.45, 7) is 5.13. The minimum absolute atomic E-state index is 0.0520. The molecule has 21 heavy (non-hydrogen) atoms. The lowest BCUT2D eigenvalue weighted by atomic mass is 10.1. The Kier molecular flexibility index (Phi) is 4.93. The molecule has 0 saturated heterocycles. The van der Waals surface area contributed by atoms with Crippen molar-refractivity contribution in [2.45, 2.75) is 26.8 Å². The lowest BCUT2D eigenvalue weighted by Crippen LogP contribution is -2.32. The number of amides is 1. The topological polar surface area (TPSA) is 59.2 Å². The van der Waals surface area contributed by atoms with E-state index in [-0.39, 0.29) is 5.91 Å². The lowest BCUT2D eigenvalue weighted by molar-refractivity contribution is 0.0737. The van der Waals surface area contributed by atoms with Crippen molar-refractivity contribution in [3.05, 3.63) is 59.4 Å². The van der Waals surface area contributed by atoms with Crippen LogP contribution in [-0.4, -0.2) is 22.3 Å². The fourth-order valence-corrected chi connectivity index (χ4v) is 2.23. The maximum absolute atomic E-state index is 12.6. The van der Waals surface area contributed by atoms with E-state index < -0.39 is 0 Å². The Hall–Kier alpha value is -2.36. The Labute approximate surface area is 125 Å². The highest BCUT2D eigenvalue weighted by molar-refractivity contribution is 5.92. The second-order valence-electron chi connectivity index (χ2n) is 5.09. The van der Waals surface area contributed by atoms with Crippen molar-refractivity contribution in [1.29, 1.82) is 0 Å². The molecular formula is C17H21N3O. The van der Waals surface area contributed by atoms with Crippen LogP contribution in [0, 0.1) is 6.92 Å². The summed E-state index contributed by atoms with van der Waals surface area (Å²) in [5.41, 5.74) is 8.98. The van der Waals surface area contributed by atoms with Gasteiger partial charge in [0.2, 0.25) is 0 Å². The number of nitrogens with two attached hydrogens (primary N) is 1. The van der Waals surface area contributed by atoms with E-state index in [0.717, 1.165) is 17.7 Å². The van der Waals surface area contributed by atoms with Crippen LogP contribution < -0.4 is 5.73 Å². The molecule has 0 aliphatic heterocycles. The van der Waals surface area contributed by atoms with Gasteiger partial charge in [0.25, 0.3) is 5.91 Å². The average molecular weight is 283 g/mol. The number of anilines is 1. The van der Waals surface area contributed by atoms with Crippen molar-refractivity contribution in [2.24, 2.45) is 0 Å². The van der Waals surface area contributed by atoms with Crippen LogP contribution in [-0.2, 0) is 6.54 Å². The van der Waals surface area contributed by atoms with Gasteiger partial charge in [0, 0.05) is 24.5 Å². The average Bonchev–Trinajstić information content (AvgIpc) is 2.48. The van der Waals surface area contributed by atoms with Crippen molar-refractivity contribution in [3.63, 3.8) is 0 Å². The highest BCUT2D eigenvalue weighted by Crippen LogP contribution is 2.15. The number of carbonyl (C=O) groups is 1. The van der Waals surface area contributed by atoms with Crippen LogP contribution in [0.1, 0.15) is 35.1 Å². The van der Waals surface area contributed by atoms with Gasteiger partial charge >= 0.3 is 0 Å². The third-order valence-electron chi connectivity index (χ3n) is 3.30. The first-order valence-corrected chi connectivity index (χ1v) is 7.18. The molecule has 1 aromatic heterocycles. The Morgan fingerprint density at radius 3 is 2.62 bits per heavy atom. The first kappa shape index (κ1) is 15.0. The number of nitrogen functional groups attached to an aromatic ring is 1. The van der Waals surface area contributed by atoms with Crippen LogP contribution in [0.15, 0.2) is 42.5 Å². The molecule has 0 radical (unpaired) electrons. The molecule has 0 aliphatic carbocycles. The molecule has 0 bridgehead atoms. The number of hydrogen-bond donors (Lipinski definition) is 1. The summed E-state index contributed by atoms with van der Waals surface area (Å²) in [6.07, 6.45) is 0.893. The van der Waals surface area contributed by atoms with E-state index in [1.165, 1.54) is 0 Å². The summed E-state index contributed by atoms with van der Waals surface area (Å²) >= 11 is 0. The van der Waals surface area contributed by atoms with Crippen molar-refractivity contribution in [3.8, 4) is 0 Å². The minimum Gasteiger partial charge on any atom is -0.398 e. The highest BCUT2D eigenvalue weighted by Gasteiger charge is 2.17. The second kappa shape index (κ2) is 6.88. The molecule has 1 heterocycles. The zero-order valence-electron chi connectivity index (χ0n) is 12.5. The Morgan fingerprint density at radius 1 is 1.19 bits per heavy atom. The van der Waals surface area contributed by atoms with E-state index in [1.807, 2.05) is 43.3 Å². The third-order valence-corrected chi connectivity index (χ3v) is 3.30. The molecule has 2 rings (SSSR count). The summed E-state index contributed by atoms with van der Waals surface area (Å²) in [7, 11) is 0. The van der Waals surface area contributed by atoms with Crippen molar-refractivity contribution < 1.29 is 4.79 Å². The molecule has 1 aromatic carbocycles. The fraction of sp³-hybridized carbons (Fsp3) is 0.294. The van der Waals surface area contributed by atoms with E-state index >= 15 is 0 Å². The van der Waals surface area contributed by atoms with Gasteiger partial charge in [-0.25, -0.2) is 4.98 Å². The molecular weight excluding hydrogens is 262 g/mol. The minimum atomic E-state index is -0.0520. The maximum Gasteiger partial charge on any atom is 0.272 e. The number of aryl methyl sites for hydroxylation is 1. The molecule has 4 nitrogen and oxygen atoms in total. The lowest BCUT2D eigenvalue weighted by Gasteiger charge is -2.22. The molecule has 4 heteroatoms. The molecule has 0 atom stereocenters. The van der Waals surface area contributed by atoms with Gasteiger partial charge in [0.05, 0.1) is 0 Å². The van der Waals surface area contributed by atoms with Gasteiger partial charge in [-0.2, -0.15) is 0 Å². The van der Waals surface area contributed by atoms with Crippen molar-refractivity contribution in [1.82, 2.24) is 9.88 Å². The van der Waals surface area contributed by atoms with Gasteiger partial charge in [-0.15, -0.1) is 0 Å². The van der Waals surface area contributed by atoms with E-state index in [4.69, 9.17) is 5.73 Å². The van der Waals surface area contributed by atoms with Crippen molar-refractivity contribution in [2.75, 3.05) is 12.3 Å². The summed E-state index contributed by atoms with van der Waals surface area (Å²) in [4.78, 5) is 18.7. The number of pyridine rings is 1. The molecule has 0 unspecified atom stereocenters. The number of nitrogens with zero attached hydrogens (tertiary/aromatic N) is 2. The third kappa shape index (κ3) is 3.81. The van der Waals surface area contributed by atoms with Crippen LogP contribution in [0.2, 0.25) is 0 Å². The molecule has 0 saturated carbocycles. The van der Waals surface area contributed by atoms with E-state index in [1.54, 1.807) is 11.0 Å². The van der Waals surface area contributed by atoms with Gasteiger partial charge in [0.1, 0.15) is 5.69 Å². The van der Waals surface area contributed by atoms with E-state index in [0.29, 0.717) is 24.5 Å². The molecule has 2 N–H and O–H groups in total. The number of aromatic nitrogens is 1. The summed E-state index contributed by atoms with van der Waals surface area (Å²) in [5, 5.41) is 0. The summed E-state index contributed by atoms with van der Waals surface area (Å²) < 4.78 is 0. The maximum atomic E-state index is 12.6. The fourth-order valence-electron chi connectivity index (χ4n) is 2.23. The Morgan fingerprint density at radius 2 is 1.95 bits per heavy atom. The molecule has 0 aliphatic rings. The number of hydrogen-bond acceptors (Lipinski definition) is 3. The molecule has 0 spiro atoms. The molecule has 110 valence electrons. The zero-order valence-corrected chi connectivity index (χ0v) is 12.5. The zero-order chi connectivity index (χ0) is 15.2. The highest BCUT2D eigenvalue weighted by atomic mass is 16.2. The SMILES string of the molecule is CCCN(Cc1ccccc1N)C(=O)c1cccc(C)n1. The van der Waals surface area contributed by atoms with Gasteiger partial charge in [-0.05, 0) is 37.1 Å². The van der Waals surface area contributed by atoms with Crippen molar-refractivity contribution >= 4 is 11.6 Å². The number of rotatable bonds is 5. The van der Waals surface area contributed by atoms with Crippen LogP contribution in [0.3, 0.4) is 0 Å². The van der Waals surface area contributed by atoms with Crippen LogP contribution in [0.5, 0.6) is 0 Å². The van der Waals surface area contributed by atoms with E-state index in [9.17, 15) is 4.79 Å². The van der Waals surface area contributed by atoms with Crippen LogP contribution in [0.4, 0.5) is 5.69 Å². The normalized spacial score (nSPS) is 10.4. The second-order valence-corrected chi connectivity index (χ2v) is 5.09. The van der Waals surface area contributed by atoms with Crippen LogP contribution in [0.25, 0.3) is 0 Å². The first-order chi connectivity index (χ1) is 10.1. The first-order valence-electron chi connectivity index (χ1n) is 7.18. The standard InChI is InChI=1S/C17H21N3O/c1-3-11-20(12-14-8-4-5-9-15(14)18)17(21)16-10-6-7-13(2)19-16/h4-10H,3,11-12,18H2,1-2H3. The van der Waals surface area contributed by atoms with Gasteiger partial charge in [0.15, 0.2) is 0 Å². The van der Waals surface area contributed by atoms with Gasteiger partial charge in [-0.1, -0.05) is 31.2 Å². The number of para-hydroxylation sites is 1. The predicted molar refractivity (Wildman–Crippen MR) is 84.9 cm³/mol.